The van der Waals surface area contributed by atoms with Crippen LogP contribution in [0.1, 0.15) is 85.8 Å². The van der Waals surface area contributed by atoms with Gasteiger partial charge in [0.2, 0.25) is 0 Å². The fraction of sp³-hybridized carbons (Fsp3) is 0.533. The molecule has 3 saturated heterocycles. The average Bonchev–Trinajstić information content (AvgIpc) is 2.92. The van der Waals surface area contributed by atoms with Gasteiger partial charge in [0.05, 0.1) is 18.2 Å². The first kappa shape index (κ1) is 26.2. The SMILES string of the molecule is CCCCCCCCOC(=O)c1cccc(C(NC(=O)O[C@H]2CN3CCC2CC3)c2ccccc2)c1. The van der Waals surface area contributed by atoms with Gasteiger partial charge in [-0.3, -0.25) is 4.90 Å². The van der Waals surface area contributed by atoms with E-state index in [-0.39, 0.29) is 12.1 Å². The van der Waals surface area contributed by atoms with Gasteiger partial charge in [-0.1, -0.05) is 81.5 Å². The maximum Gasteiger partial charge on any atom is 0.408 e. The maximum absolute atomic E-state index is 13.0. The third-order valence-corrected chi connectivity index (χ3v) is 7.44. The zero-order valence-corrected chi connectivity index (χ0v) is 21.5. The minimum Gasteiger partial charge on any atom is -0.462 e. The number of alkyl carbamates (subject to hydrolysis) is 1. The van der Waals surface area contributed by atoms with Crippen molar-refractivity contribution in [3.63, 3.8) is 0 Å². The Hall–Kier alpha value is -2.86. The summed E-state index contributed by atoms with van der Waals surface area (Å²) in [5, 5.41) is 3.07. The summed E-state index contributed by atoms with van der Waals surface area (Å²) < 4.78 is 11.4. The van der Waals surface area contributed by atoms with Crippen LogP contribution < -0.4 is 5.32 Å². The van der Waals surface area contributed by atoms with E-state index < -0.39 is 12.1 Å². The zero-order chi connectivity index (χ0) is 25.2. The summed E-state index contributed by atoms with van der Waals surface area (Å²) in [7, 11) is 0. The topological polar surface area (TPSA) is 67.9 Å². The van der Waals surface area contributed by atoms with E-state index in [2.05, 4.69) is 17.1 Å². The maximum atomic E-state index is 13.0. The Labute approximate surface area is 215 Å². The van der Waals surface area contributed by atoms with E-state index in [0.717, 1.165) is 56.4 Å². The van der Waals surface area contributed by atoms with E-state index >= 15 is 0 Å². The zero-order valence-electron chi connectivity index (χ0n) is 21.5. The van der Waals surface area contributed by atoms with Gasteiger partial charge in [-0.25, -0.2) is 9.59 Å². The van der Waals surface area contributed by atoms with Gasteiger partial charge < -0.3 is 14.8 Å². The molecule has 3 fully saturated rings. The molecule has 2 atom stereocenters. The lowest BCUT2D eigenvalue weighted by Gasteiger charge is -2.43. The van der Waals surface area contributed by atoms with Crippen molar-refractivity contribution >= 4 is 12.1 Å². The molecule has 1 unspecified atom stereocenters. The summed E-state index contributed by atoms with van der Waals surface area (Å²) in [4.78, 5) is 28.1. The number of amides is 1. The summed E-state index contributed by atoms with van der Waals surface area (Å²) in [6, 6.07) is 16.7. The molecule has 3 aliphatic heterocycles. The molecule has 0 spiro atoms. The van der Waals surface area contributed by atoms with Crippen LogP contribution in [0.15, 0.2) is 54.6 Å². The highest BCUT2D eigenvalue weighted by atomic mass is 16.6. The molecule has 36 heavy (non-hydrogen) atoms. The number of piperidine rings is 3. The Morgan fingerprint density at radius 3 is 2.39 bits per heavy atom. The van der Waals surface area contributed by atoms with Gasteiger partial charge in [0, 0.05) is 6.54 Å². The number of hydrogen-bond donors (Lipinski definition) is 1. The average molecular weight is 493 g/mol. The first-order chi connectivity index (χ1) is 17.6. The Morgan fingerprint density at radius 1 is 0.944 bits per heavy atom. The minimum atomic E-state index is -0.425. The fourth-order valence-electron chi connectivity index (χ4n) is 5.31. The van der Waals surface area contributed by atoms with E-state index in [9.17, 15) is 9.59 Å². The van der Waals surface area contributed by atoms with Crippen molar-refractivity contribution in [2.45, 2.75) is 70.4 Å². The van der Waals surface area contributed by atoms with Crippen LogP contribution in [0.4, 0.5) is 4.79 Å². The number of nitrogens with zero attached hydrogens (tertiary/aromatic N) is 1. The van der Waals surface area contributed by atoms with Crippen LogP contribution in [0.3, 0.4) is 0 Å². The van der Waals surface area contributed by atoms with Crippen LogP contribution in [-0.2, 0) is 9.47 Å². The summed E-state index contributed by atoms with van der Waals surface area (Å²) in [5.74, 6) is 0.118. The lowest BCUT2D eigenvalue weighted by Crippen LogP contribution is -2.52. The molecule has 0 saturated carbocycles. The third-order valence-electron chi connectivity index (χ3n) is 7.44. The molecule has 1 N–H and O–H groups in total. The summed E-state index contributed by atoms with van der Waals surface area (Å²) in [6.07, 6.45) is 8.56. The van der Waals surface area contributed by atoms with Crippen LogP contribution >= 0.6 is 0 Å². The molecular formula is C30H40N2O4. The van der Waals surface area contributed by atoms with Crippen molar-refractivity contribution in [2.75, 3.05) is 26.2 Å². The quantitative estimate of drug-likeness (QED) is 0.286. The molecule has 6 nitrogen and oxygen atoms in total. The second-order valence-electron chi connectivity index (χ2n) is 10.1. The standard InChI is InChI=1S/C30H40N2O4/c1-2-3-4-5-6-10-20-35-29(33)26-15-11-14-25(21-26)28(24-12-8-7-9-13-24)31-30(34)36-27-22-32-18-16-23(27)17-19-32/h7-9,11-15,21,23,27-28H,2-6,10,16-20,22H2,1H3,(H,31,34)/t27-,28?/m0/s1. The minimum absolute atomic E-state index is 0.0628. The van der Waals surface area contributed by atoms with Crippen molar-refractivity contribution in [3.8, 4) is 0 Å². The Morgan fingerprint density at radius 2 is 1.67 bits per heavy atom. The van der Waals surface area contributed by atoms with Crippen molar-refractivity contribution in [1.82, 2.24) is 10.2 Å². The molecule has 2 aromatic carbocycles. The number of benzene rings is 2. The van der Waals surface area contributed by atoms with Crippen molar-refractivity contribution in [3.05, 3.63) is 71.3 Å². The number of rotatable bonds is 12. The third kappa shape index (κ3) is 7.33. The van der Waals surface area contributed by atoms with E-state index in [0.29, 0.717) is 18.1 Å². The van der Waals surface area contributed by atoms with Gasteiger partial charge >= 0.3 is 12.1 Å². The number of fused-ring (bicyclic) bond motifs is 3. The lowest BCUT2D eigenvalue weighted by molar-refractivity contribution is -0.0336. The first-order valence-corrected chi connectivity index (χ1v) is 13.7. The molecule has 0 radical (unpaired) electrons. The molecule has 0 aliphatic carbocycles. The second-order valence-corrected chi connectivity index (χ2v) is 10.1. The largest absolute Gasteiger partial charge is 0.462 e. The molecule has 0 aromatic heterocycles. The predicted molar refractivity (Wildman–Crippen MR) is 141 cm³/mol. The van der Waals surface area contributed by atoms with Crippen LogP contribution in [0.5, 0.6) is 0 Å². The van der Waals surface area contributed by atoms with Gasteiger partial charge in [0.25, 0.3) is 0 Å². The van der Waals surface area contributed by atoms with Crippen molar-refractivity contribution in [1.29, 1.82) is 0 Å². The lowest BCUT2D eigenvalue weighted by atomic mass is 9.86. The van der Waals surface area contributed by atoms with Gasteiger partial charge in [-0.05, 0) is 61.5 Å². The molecule has 5 rings (SSSR count). The normalized spacial score (nSPS) is 21.5. The van der Waals surface area contributed by atoms with Gasteiger partial charge in [-0.2, -0.15) is 0 Å². The Bertz CT molecular complexity index is 972. The highest BCUT2D eigenvalue weighted by molar-refractivity contribution is 5.89. The highest BCUT2D eigenvalue weighted by Gasteiger charge is 2.36. The number of carbonyl (C=O) groups is 2. The number of carbonyl (C=O) groups excluding carboxylic acids is 2. The summed E-state index contributed by atoms with van der Waals surface area (Å²) in [5.41, 5.74) is 2.24. The van der Waals surface area contributed by atoms with E-state index in [4.69, 9.17) is 9.47 Å². The monoisotopic (exact) mass is 492 g/mol. The predicted octanol–water partition coefficient (Wildman–Crippen LogP) is 6.11. The number of hydrogen-bond acceptors (Lipinski definition) is 5. The summed E-state index contributed by atoms with van der Waals surface area (Å²) >= 11 is 0. The van der Waals surface area contributed by atoms with E-state index in [1.807, 2.05) is 48.5 Å². The second kappa shape index (κ2) is 13.4. The Balaban J connectivity index is 1.38. The smallest absolute Gasteiger partial charge is 0.408 e. The highest BCUT2D eigenvalue weighted by Crippen LogP contribution is 2.30. The molecule has 3 heterocycles. The van der Waals surface area contributed by atoms with Gasteiger partial charge in [0.15, 0.2) is 0 Å². The fourth-order valence-corrected chi connectivity index (χ4v) is 5.31. The van der Waals surface area contributed by atoms with Crippen LogP contribution in [0.25, 0.3) is 0 Å². The number of nitrogens with one attached hydrogen (secondary N) is 1. The first-order valence-electron chi connectivity index (χ1n) is 13.7. The Kier molecular flexibility index (Phi) is 9.79. The summed E-state index contributed by atoms with van der Waals surface area (Å²) in [6.45, 7) is 5.64. The number of ether oxygens (including phenoxy) is 2. The molecule has 6 heteroatoms. The molecule has 3 aliphatic rings. The molecular weight excluding hydrogens is 452 g/mol. The van der Waals surface area contributed by atoms with Crippen molar-refractivity contribution in [2.24, 2.45) is 5.92 Å². The van der Waals surface area contributed by atoms with Gasteiger partial charge in [-0.15, -0.1) is 0 Å². The van der Waals surface area contributed by atoms with E-state index in [1.165, 1.54) is 25.7 Å². The number of esters is 1. The molecule has 194 valence electrons. The molecule has 2 aromatic rings. The van der Waals surface area contributed by atoms with Gasteiger partial charge in [0.1, 0.15) is 6.10 Å². The van der Waals surface area contributed by atoms with Crippen LogP contribution in [-0.4, -0.2) is 49.3 Å². The molecule has 2 bridgehead atoms. The van der Waals surface area contributed by atoms with Crippen LogP contribution in [0, 0.1) is 5.92 Å². The van der Waals surface area contributed by atoms with Crippen LogP contribution in [0.2, 0.25) is 0 Å². The number of unbranched alkanes of at least 4 members (excludes halogenated alkanes) is 5. The van der Waals surface area contributed by atoms with E-state index in [1.54, 1.807) is 6.07 Å². The van der Waals surface area contributed by atoms with Crippen molar-refractivity contribution < 1.29 is 19.1 Å². The molecule has 1 amide bonds.